The number of anilines is 1. The van der Waals surface area contributed by atoms with Gasteiger partial charge in [0.1, 0.15) is 11.5 Å². The van der Waals surface area contributed by atoms with E-state index < -0.39 is 6.04 Å². The number of ether oxygens (including phenoxy) is 2. The number of carbonyl (C=O) groups is 2. The van der Waals surface area contributed by atoms with E-state index in [2.05, 4.69) is 15.6 Å². The minimum absolute atomic E-state index is 0. The molecule has 0 aliphatic rings. The second-order valence-corrected chi connectivity index (χ2v) is 6.20. The third-order valence-corrected chi connectivity index (χ3v) is 3.75. The van der Waals surface area contributed by atoms with Crippen molar-refractivity contribution in [2.24, 2.45) is 11.7 Å². The molecule has 0 spiro atoms. The fourth-order valence-corrected chi connectivity index (χ4v) is 2.07. The molecule has 0 radical (unpaired) electrons. The van der Waals surface area contributed by atoms with E-state index in [0.29, 0.717) is 17.3 Å². The van der Waals surface area contributed by atoms with Crippen LogP contribution in [0.15, 0.2) is 42.6 Å². The summed E-state index contributed by atoms with van der Waals surface area (Å²) in [4.78, 5) is 27.8. The van der Waals surface area contributed by atoms with Crippen LogP contribution in [0, 0.1) is 5.92 Å². The number of carbonyl (C=O) groups excluding carboxylic acids is 2. The highest BCUT2D eigenvalue weighted by atomic mass is 35.5. The van der Waals surface area contributed by atoms with Gasteiger partial charge in [-0.05, 0) is 36.2 Å². The van der Waals surface area contributed by atoms with Gasteiger partial charge >= 0.3 is 0 Å². The van der Waals surface area contributed by atoms with Crippen LogP contribution in [-0.4, -0.2) is 36.5 Å². The van der Waals surface area contributed by atoms with Gasteiger partial charge in [-0.15, -0.1) is 24.8 Å². The molecule has 29 heavy (non-hydrogen) atoms. The number of aromatic nitrogens is 1. The molecule has 8 nitrogen and oxygen atoms in total. The average molecular weight is 445 g/mol. The number of nitrogens with two attached hydrogens (primary N) is 1. The van der Waals surface area contributed by atoms with Crippen LogP contribution < -0.4 is 25.8 Å². The monoisotopic (exact) mass is 444 g/mol. The van der Waals surface area contributed by atoms with Crippen LogP contribution in [0.4, 0.5) is 5.69 Å². The molecule has 0 aliphatic carbocycles. The van der Waals surface area contributed by atoms with Gasteiger partial charge in [0.25, 0.3) is 0 Å². The quantitative estimate of drug-likeness (QED) is 0.576. The van der Waals surface area contributed by atoms with Crippen molar-refractivity contribution in [3.05, 3.63) is 42.6 Å². The third-order valence-electron chi connectivity index (χ3n) is 3.75. The first-order chi connectivity index (χ1) is 12.9. The van der Waals surface area contributed by atoms with Crippen LogP contribution in [0.25, 0.3) is 0 Å². The summed E-state index contributed by atoms with van der Waals surface area (Å²) >= 11 is 0. The number of rotatable bonds is 8. The van der Waals surface area contributed by atoms with Crippen molar-refractivity contribution >= 4 is 42.3 Å². The second kappa shape index (κ2) is 12.8. The molecule has 1 heterocycles. The molecule has 0 unspecified atom stereocenters. The molecule has 1 aromatic carbocycles. The standard InChI is InChI=1S/C19H24N4O4.2ClH/c1-12(2)18(20)19(25)22-11-16(24)23-13-4-9-17(21-10-13)27-15-7-5-14(26-3)6-8-15;;/h4-10,12,18H,11,20H2,1-3H3,(H,22,25)(H,23,24);2*1H/t18-;;/m0../s1. The molecule has 4 N–H and O–H groups in total. The molecule has 0 saturated carbocycles. The van der Waals surface area contributed by atoms with E-state index >= 15 is 0 Å². The highest BCUT2D eigenvalue weighted by Gasteiger charge is 2.17. The van der Waals surface area contributed by atoms with Crippen LogP contribution in [0.5, 0.6) is 17.4 Å². The van der Waals surface area contributed by atoms with Crippen molar-refractivity contribution in [1.29, 1.82) is 0 Å². The zero-order valence-electron chi connectivity index (χ0n) is 16.4. The Balaban J connectivity index is 0.00000392. The lowest BCUT2D eigenvalue weighted by atomic mass is 10.1. The zero-order valence-corrected chi connectivity index (χ0v) is 18.0. The molecule has 2 aromatic rings. The molecule has 1 aromatic heterocycles. The topological polar surface area (TPSA) is 116 Å². The van der Waals surface area contributed by atoms with Gasteiger partial charge in [-0.3, -0.25) is 9.59 Å². The van der Waals surface area contributed by atoms with Crippen molar-refractivity contribution in [3.8, 4) is 17.4 Å². The third kappa shape index (κ3) is 8.55. The summed E-state index contributed by atoms with van der Waals surface area (Å²) < 4.78 is 10.7. The van der Waals surface area contributed by atoms with Crippen molar-refractivity contribution in [2.45, 2.75) is 19.9 Å². The number of amides is 2. The van der Waals surface area contributed by atoms with Gasteiger partial charge < -0.3 is 25.8 Å². The lowest BCUT2D eigenvalue weighted by molar-refractivity contribution is -0.125. The Morgan fingerprint density at radius 1 is 1.07 bits per heavy atom. The predicted molar refractivity (Wildman–Crippen MR) is 116 cm³/mol. The number of hydrogen-bond donors (Lipinski definition) is 3. The molecule has 160 valence electrons. The number of hydrogen-bond acceptors (Lipinski definition) is 6. The van der Waals surface area contributed by atoms with Gasteiger partial charge in [0.05, 0.1) is 31.6 Å². The maximum absolute atomic E-state index is 11.9. The van der Waals surface area contributed by atoms with Crippen molar-refractivity contribution in [1.82, 2.24) is 10.3 Å². The highest BCUT2D eigenvalue weighted by Crippen LogP contribution is 2.22. The molecule has 0 aliphatic heterocycles. The minimum Gasteiger partial charge on any atom is -0.497 e. The summed E-state index contributed by atoms with van der Waals surface area (Å²) in [6.45, 7) is 3.51. The predicted octanol–water partition coefficient (Wildman–Crippen LogP) is 2.76. The van der Waals surface area contributed by atoms with E-state index in [4.69, 9.17) is 15.2 Å². The molecule has 10 heteroatoms. The number of pyridine rings is 1. The van der Waals surface area contributed by atoms with Crippen LogP contribution >= 0.6 is 24.8 Å². The maximum atomic E-state index is 11.9. The SMILES string of the molecule is COc1ccc(Oc2ccc(NC(=O)CNC(=O)[C@@H](N)C(C)C)cn2)cc1.Cl.Cl. The number of methoxy groups -OCH3 is 1. The molecule has 2 amide bonds. The van der Waals surface area contributed by atoms with E-state index in [0.717, 1.165) is 5.75 Å². The van der Waals surface area contributed by atoms with E-state index in [1.165, 1.54) is 6.20 Å². The average Bonchev–Trinajstić information content (AvgIpc) is 2.67. The van der Waals surface area contributed by atoms with Gasteiger partial charge in [-0.25, -0.2) is 4.98 Å². The van der Waals surface area contributed by atoms with E-state index in [1.54, 1.807) is 43.5 Å². The number of halogens is 2. The summed E-state index contributed by atoms with van der Waals surface area (Å²) in [5.41, 5.74) is 6.21. The molecular formula is C19H26Cl2N4O4. The summed E-state index contributed by atoms with van der Waals surface area (Å²) in [7, 11) is 1.59. The lowest BCUT2D eigenvalue weighted by Crippen LogP contribution is -2.46. The Kier molecular flexibility index (Phi) is 11.7. The molecular weight excluding hydrogens is 419 g/mol. The van der Waals surface area contributed by atoms with E-state index in [-0.39, 0.29) is 49.1 Å². The first kappa shape index (κ1) is 26.4. The lowest BCUT2D eigenvalue weighted by Gasteiger charge is -2.15. The van der Waals surface area contributed by atoms with Crippen molar-refractivity contribution < 1.29 is 19.1 Å². The first-order valence-electron chi connectivity index (χ1n) is 8.50. The molecule has 0 fully saturated rings. The summed E-state index contributed by atoms with van der Waals surface area (Å²) in [5, 5.41) is 5.15. The number of nitrogens with zero attached hydrogens (tertiary/aromatic N) is 1. The zero-order chi connectivity index (χ0) is 19.8. The highest BCUT2D eigenvalue weighted by molar-refractivity contribution is 5.95. The summed E-state index contributed by atoms with van der Waals surface area (Å²) in [5.74, 6) is 0.996. The van der Waals surface area contributed by atoms with Crippen molar-refractivity contribution in [3.63, 3.8) is 0 Å². The molecule has 1 atom stereocenters. The van der Waals surface area contributed by atoms with Gasteiger partial charge in [0.2, 0.25) is 17.7 Å². The number of benzene rings is 1. The van der Waals surface area contributed by atoms with Gasteiger partial charge in [0.15, 0.2) is 0 Å². The Morgan fingerprint density at radius 2 is 1.69 bits per heavy atom. The van der Waals surface area contributed by atoms with Crippen LogP contribution in [0.3, 0.4) is 0 Å². The molecule has 2 rings (SSSR count). The van der Waals surface area contributed by atoms with E-state index in [1.807, 2.05) is 13.8 Å². The minimum atomic E-state index is -0.645. The second-order valence-electron chi connectivity index (χ2n) is 6.20. The fraction of sp³-hybridized carbons (Fsp3) is 0.316. The fourth-order valence-electron chi connectivity index (χ4n) is 2.07. The van der Waals surface area contributed by atoms with Crippen LogP contribution in [0.2, 0.25) is 0 Å². The normalized spacial score (nSPS) is 10.8. The van der Waals surface area contributed by atoms with Crippen LogP contribution in [-0.2, 0) is 9.59 Å². The van der Waals surface area contributed by atoms with Gasteiger partial charge in [-0.1, -0.05) is 13.8 Å². The van der Waals surface area contributed by atoms with E-state index in [9.17, 15) is 9.59 Å². The molecule has 0 saturated heterocycles. The Hall–Kier alpha value is -2.55. The first-order valence-corrected chi connectivity index (χ1v) is 8.50. The number of nitrogens with one attached hydrogen (secondary N) is 2. The van der Waals surface area contributed by atoms with Crippen LogP contribution in [0.1, 0.15) is 13.8 Å². The molecule has 0 bridgehead atoms. The van der Waals surface area contributed by atoms with Crippen molar-refractivity contribution in [2.75, 3.05) is 19.0 Å². The largest absolute Gasteiger partial charge is 0.497 e. The summed E-state index contributed by atoms with van der Waals surface area (Å²) in [6.07, 6.45) is 1.47. The maximum Gasteiger partial charge on any atom is 0.243 e. The Bertz CT molecular complexity index is 771. The van der Waals surface area contributed by atoms with Gasteiger partial charge in [0, 0.05) is 6.07 Å². The summed E-state index contributed by atoms with van der Waals surface area (Å²) in [6, 6.07) is 9.74. The van der Waals surface area contributed by atoms with Gasteiger partial charge in [-0.2, -0.15) is 0 Å². The Morgan fingerprint density at radius 3 is 2.21 bits per heavy atom. The Labute approximate surface area is 182 Å². The smallest absolute Gasteiger partial charge is 0.243 e.